The molecule has 0 aliphatic carbocycles. The number of nitrogens with zero attached hydrogens (tertiary/aromatic N) is 2. The molecule has 1 aromatic heterocycles. The van der Waals surface area contributed by atoms with Gasteiger partial charge in [-0.05, 0) is 22.9 Å². The predicted molar refractivity (Wildman–Crippen MR) is 40.1 cm³/mol. The van der Waals surface area contributed by atoms with Crippen molar-refractivity contribution in [3.8, 4) is 0 Å². The lowest BCUT2D eigenvalue weighted by atomic mass is 10.4. The van der Waals surface area contributed by atoms with E-state index in [4.69, 9.17) is 5.73 Å². The van der Waals surface area contributed by atoms with Crippen LogP contribution < -0.4 is 5.73 Å². The molecular formula is C5H8BrN3. The SMILES string of the molecule is Cc1c(N)nn(C)c1Br. The van der Waals surface area contributed by atoms with Gasteiger partial charge >= 0.3 is 0 Å². The minimum atomic E-state index is 0.587. The molecule has 0 unspecified atom stereocenters. The fraction of sp³-hybridized carbons (Fsp3) is 0.400. The van der Waals surface area contributed by atoms with Gasteiger partial charge in [0.15, 0.2) is 0 Å². The number of hydrogen-bond donors (Lipinski definition) is 1. The third-order valence-corrected chi connectivity index (χ3v) is 2.34. The van der Waals surface area contributed by atoms with Crippen molar-refractivity contribution in [2.24, 2.45) is 7.05 Å². The highest BCUT2D eigenvalue weighted by atomic mass is 79.9. The number of halogens is 1. The highest BCUT2D eigenvalue weighted by molar-refractivity contribution is 9.10. The Balaban J connectivity index is 3.29. The monoisotopic (exact) mass is 189 g/mol. The minimum absolute atomic E-state index is 0.587. The second-order valence-corrected chi connectivity index (χ2v) is 2.68. The van der Waals surface area contributed by atoms with Crippen LogP contribution in [-0.4, -0.2) is 9.78 Å². The maximum absolute atomic E-state index is 5.48. The maximum atomic E-state index is 5.48. The first-order chi connectivity index (χ1) is 4.13. The molecule has 0 bridgehead atoms. The van der Waals surface area contributed by atoms with Gasteiger partial charge in [-0.2, -0.15) is 5.10 Å². The van der Waals surface area contributed by atoms with Gasteiger partial charge in [0.1, 0.15) is 10.4 Å². The summed E-state index contributed by atoms with van der Waals surface area (Å²) in [6, 6.07) is 0. The summed E-state index contributed by atoms with van der Waals surface area (Å²) in [5.41, 5.74) is 6.48. The zero-order valence-corrected chi connectivity index (χ0v) is 6.94. The quantitative estimate of drug-likeness (QED) is 0.664. The Morgan fingerprint density at radius 1 is 1.67 bits per heavy atom. The number of anilines is 1. The Labute approximate surface area is 62.0 Å². The summed E-state index contributed by atoms with van der Waals surface area (Å²) in [6.07, 6.45) is 0. The van der Waals surface area contributed by atoms with Gasteiger partial charge in [-0.15, -0.1) is 0 Å². The Bertz CT molecular complexity index is 206. The normalized spacial score (nSPS) is 10.1. The topological polar surface area (TPSA) is 43.8 Å². The van der Waals surface area contributed by atoms with E-state index in [0.717, 1.165) is 10.2 Å². The molecule has 0 saturated carbocycles. The van der Waals surface area contributed by atoms with Gasteiger partial charge in [0.2, 0.25) is 0 Å². The lowest BCUT2D eigenvalue weighted by Crippen LogP contribution is -1.91. The number of aromatic nitrogens is 2. The van der Waals surface area contributed by atoms with Crippen LogP contribution in [0.2, 0.25) is 0 Å². The number of aryl methyl sites for hydroxylation is 1. The van der Waals surface area contributed by atoms with E-state index in [9.17, 15) is 0 Å². The molecular weight excluding hydrogens is 182 g/mol. The number of nitrogen functional groups attached to an aromatic ring is 1. The second kappa shape index (κ2) is 2.02. The molecule has 9 heavy (non-hydrogen) atoms. The van der Waals surface area contributed by atoms with Crippen molar-refractivity contribution < 1.29 is 0 Å². The van der Waals surface area contributed by atoms with Crippen molar-refractivity contribution in [1.82, 2.24) is 9.78 Å². The highest BCUT2D eigenvalue weighted by Gasteiger charge is 2.04. The van der Waals surface area contributed by atoms with E-state index < -0.39 is 0 Å². The lowest BCUT2D eigenvalue weighted by molar-refractivity contribution is 0.752. The van der Waals surface area contributed by atoms with Gasteiger partial charge < -0.3 is 5.73 Å². The summed E-state index contributed by atoms with van der Waals surface area (Å²) in [4.78, 5) is 0. The van der Waals surface area contributed by atoms with E-state index in [0.29, 0.717) is 5.82 Å². The Morgan fingerprint density at radius 2 is 2.22 bits per heavy atom. The van der Waals surface area contributed by atoms with Gasteiger partial charge in [-0.25, -0.2) is 0 Å². The first-order valence-corrected chi connectivity index (χ1v) is 3.37. The van der Waals surface area contributed by atoms with Crippen LogP contribution >= 0.6 is 15.9 Å². The molecule has 0 aliphatic rings. The molecule has 0 atom stereocenters. The molecule has 0 fully saturated rings. The van der Waals surface area contributed by atoms with Crippen molar-refractivity contribution in [2.75, 3.05) is 5.73 Å². The van der Waals surface area contributed by atoms with E-state index in [1.165, 1.54) is 0 Å². The second-order valence-electron chi connectivity index (χ2n) is 1.92. The van der Waals surface area contributed by atoms with Crippen molar-refractivity contribution in [3.05, 3.63) is 10.2 Å². The Kier molecular flexibility index (Phi) is 1.48. The predicted octanol–water partition coefficient (Wildman–Crippen LogP) is 1.07. The van der Waals surface area contributed by atoms with Crippen LogP contribution in [0.3, 0.4) is 0 Å². The van der Waals surface area contributed by atoms with Gasteiger partial charge in [0.25, 0.3) is 0 Å². The third-order valence-electron chi connectivity index (χ3n) is 1.24. The Morgan fingerprint density at radius 3 is 2.33 bits per heavy atom. The molecule has 0 aliphatic heterocycles. The van der Waals surface area contributed by atoms with Crippen LogP contribution in [0.1, 0.15) is 5.56 Å². The molecule has 0 aromatic carbocycles. The Hall–Kier alpha value is -0.510. The molecule has 2 N–H and O–H groups in total. The van der Waals surface area contributed by atoms with E-state index in [1.807, 2.05) is 14.0 Å². The van der Waals surface area contributed by atoms with Crippen molar-refractivity contribution in [3.63, 3.8) is 0 Å². The fourth-order valence-corrected chi connectivity index (χ4v) is 0.911. The van der Waals surface area contributed by atoms with Gasteiger partial charge in [-0.1, -0.05) is 0 Å². The highest BCUT2D eigenvalue weighted by Crippen LogP contribution is 2.19. The van der Waals surface area contributed by atoms with E-state index >= 15 is 0 Å². The molecule has 1 aromatic rings. The smallest absolute Gasteiger partial charge is 0.149 e. The van der Waals surface area contributed by atoms with Crippen LogP contribution in [0, 0.1) is 6.92 Å². The average molecular weight is 190 g/mol. The molecule has 0 radical (unpaired) electrons. The summed E-state index contributed by atoms with van der Waals surface area (Å²) in [5.74, 6) is 0.587. The zero-order valence-electron chi connectivity index (χ0n) is 5.35. The summed E-state index contributed by atoms with van der Waals surface area (Å²) >= 11 is 3.32. The van der Waals surface area contributed by atoms with Crippen molar-refractivity contribution in [2.45, 2.75) is 6.92 Å². The summed E-state index contributed by atoms with van der Waals surface area (Å²) < 4.78 is 2.64. The number of hydrogen-bond acceptors (Lipinski definition) is 2. The van der Waals surface area contributed by atoms with Gasteiger partial charge in [-0.3, -0.25) is 4.68 Å². The minimum Gasteiger partial charge on any atom is -0.382 e. The first-order valence-electron chi connectivity index (χ1n) is 2.57. The molecule has 4 heteroatoms. The fourth-order valence-electron chi connectivity index (χ4n) is 0.629. The van der Waals surface area contributed by atoms with Crippen LogP contribution in [0.4, 0.5) is 5.82 Å². The summed E-state index contributed by atoms with van der Waals surface area (Å²) in [5, 5.41) is 3.96. The number of nitrogens with two attached hydrogens (primary N) is 1. The summed E-state index contributed by atoms with van der Waals surface area (Å²) in [6.45, 7) is 1.92. The van der Waals surface area contributed by atoms with Gasteiger partial charge in [0.05, 0.1) is 0 Å². The van der Waals surface area contributed by atoms with Crippen LogP contribution in [0.15, 0.2) is 4.60 Å². The standard InChI is InChI=1S/C5H8BrN3/c1-3-4(6)9(2)8-5(3)7/h1-2H3,(H2,7,8). The first kappa shape index (κ1) is 6.61. The van der Waals surface area contributed by atoms with E-state index in [-0.39, 0.29) is 0 Å². The average Bonchev–Trinajstić information content (AvgIpc) is 1.98. The summed E-state index contributed by atoms with van der Waals surface area (Å²) in [7, 11) is 1.84. The van der Waals surface area contributed by atoms with Crippen LogP contribution in [-0.2, 0) is 7.05 Å². The van der Waals surface area contributed by atoms with Crippen LogP contribution in [0.5, 0.6) is 0 Å². The molecule has 0 amide bonds. The molecule has 1 rings (SSSR count). The van der Waals surface area contributed by atoms with Gasteiger partial charge in [0, 0.05) is 12.6 Å². The van der Waals surface area contributed by atoms with Crippen molar-refractivity contribution >= 4 is 21.7 Å². The third kappa shape index (κ3) is 0.941. The number of rotatable bonds is 0. The zero-order chi connectivity index (χ0) is 7.02. The molecule has 3 nitrogen and oxygen atoms in total. The van der Waals surface area contributed by atoms with Crippen molar-refractivity contribution in [1.29, 1.82) is 0 Å². The van der Waals surface area contributed by atoms with Crippen LogP contribution in [0.25, 0.3) is 0 Å². The van der Waals surface area contributed by atoms with E-state index in [1.54, 1.807) is 4.68 Å². The molecule has 0 saturated heterocycles. The molecule has 1 heterocycles. The maximum Gasteiger partial charge on any atom is 0.149 e. The molecule has 0 spiro atoms. The van der Waals surface area contributed by atoms with E-state index in [2.05, 4.69) is 21.0 Å². The lowest BCUT2D eigenvalue weighted by Gasteiger charge is -1.87. The largest absolute Gasteiger partial charge is 0.382 e. The molecule has 50 valence electrons.